The molecule has 2 heterocycles. The largest absolute Gasteiger partial charge is 0.465 e. The molecule has 116 valence electrons. The maximum Gasteiger partial charge on any atom is 0.325 e. The van der Waals surface area contributed by atoms with Gasteiger partial charge in [0.25, 0.3) is 5.56 Å². The molecule has 2 N–H and O–H groups in total. The summed E-state index contributed by atoms with van der Waals surface area (Å²) >= 11 is 0. The minimum absolute atomic E-state index is 0.144. The van der Waals surface area contributed by atoms with Crippen molar-refractivity contribution in [2.24, 2.45) is 0 Å². The molecule has 0 unspecified atom stereocenters. The van der Waals surface area contributed by atoms with Crippen LogP contribution in [0, 0.1) is 0 Å². The lowest BCUT2D eigenvalue weighted by molar-refractivity contribution is -0.143. The zero-order valence-electron chi connectivity index (χ0n) is 12.0. The summed E-state index contributed by atoms with van der Waals surface area (Å²) in [5, 5.41) is 5.09. The number of ether oxygens (including phenoxy) is 1. The van der Waals surface area contributed by atoms with E-state index in [0.717, 1.165) is 0 Å². The number of carbonyl (C=O) groups excluding carboxylic acids is 2. The minimum atomic E-state index is -0.511. The van der Waals surface area contributed by atoms with Gasteiger partial charge in [-0.2, -0.15) is 0 Å². The highest BCUT2D eigenvalue weighted by Crippen LogP contribution is 2.00. The van der Waals surface area contributed by atoms with E-state index in [1.165, 1.54) is 10.6 Å². The Morgan fingerprint density at radius 1 is 1.32 bits per heavy atom. The molecule has 0 aliphatic rings. The van der Waals surface area contributed by atoms with Crippen molar-refractivity contribution in [1.29, 1.82) is 0 Å². The number of amides is 1. The topological polar surface area (TPSA) is 102 Å². The number of hydrogen-bond donors (Lipinski definition) is 2. The number of aromatic nitrogens is 2. The van der Waals surface area contributed by atoms with Crippen molar-refractivity contribution in [1.82, 2.24) is 14.7 Å². The molecule has 8 heteroatoms. The number of pyridine rings is 1. The monoisotopic (exact) mass is 304 g/mol. The fourth-order valence-electron chi connectivity index (χ4n) is 1.77. The molecule has 2 aromatic heterocycles. The van der Waals surface area contributed by atoms with Crippen LogP contribution in [0.4, 0.5) is 5.69 Å². The van der Waals surface area contributed by atoms with Crippen LogP contribution in [-0.4, -0.2) is 41.0 Å². The number of nitrogens with zero attached hydrogens (tertiary/aromatic N) is 2. The van der Waals surface area contributed by atoms with Crippen LogP contribution in [0.3, 0.4) is 0 Å². The van der Waals surface area contributed by atoms with E-state index in [2.05, 4.69) is 20.4 Å². The van der Waals surface area contributed by atoms with Gasteiger partial charge in [0.15, 0.2) is 0 Å². The van der Waals surface area contributed by atoms with E-state index in [1.807, 2.05) is 0 Å². The quantitative estimate of drug-likeness (QED) is 0.716. The van der Waals surface area contributed by atoms with Gasteiger partial charge in [0.1, 0.15) is 17.9 Å². The van der Waals surface area contributed by atoms with Crippen LogP contribution in [-0.2, 0) is 14.3 Å². The molecule has 22 heavy (non-hydrogen) atoms. The Kier molecular flexibility index (Phi) is 5.07. The predicted molar refractivity (Wildman–Crippen MR) is 79.6 cm³/mol. The maximum absolute atomic E-state index is 12.1. The van der Waals surface area contributed by atoms with Crippen LogP contribution in [0.5, 0.6) is 0 Å². The number of hydrogen-bond acceptors (Lipinski definition) is 6. The predicted octanol–water partition coefficient (Wildman–Crippen LogP) is -0.214. The molecule has 2 rings (SSSR count). The van der Waals surface area contributed by atoms with E-state index in [9.17, 15) is 14.4 Å². The van der Waals surface area contributed by atoms with Crippen LogP contribution in [0.1, 0.15) is 6.92 Å². The second-order valence-corrected chi connectivity index (χ2v) is 4.34. The first-order valence-electron chi connectivity index (χ1n) is 6.74. The number of esters is 1. The Morgan fingerprint density at radius 3 is 2.91 bits per heavy atom. The summed E-state index contributed by atoms with van der Waals surface area (Å²) in [4.78, 5) is 39.0. The number of carbonyl (C=O) groups is 2. The van der Waals surface area contributed by atoms with Gasteiger partial charge in [0.05, 0.1) is 19.3 Å². The Labute approximate surface area is 126 Å². The van der Waals surface area contributed by atoms with Crippen LogP contribution >= 0.6 is 0 Å². The van der Waals surface area contributed by atoms with Crippen molar-refractivity contribution < 1.29 is 14.3 Å². The lowest BCUT2D eigenvalue weighted by atomic mass is 10.4. The lowest BCUT2D eigenvalue weighted by Gasteiger charge is -2.08. The van der Waals surface area contributed by atoms with E-state index in [1.54, 1.807) is 31.3 Å². The van der Waals surface area contributed by atoms with Crippen LogP contribution in [0.15, 0.2) is 35.4 Å². The summed E-state index contributed by atoms with van der Waals surface area (Å²) in [5.74, 6) is -0.936. The van der Waals surface area contributed by atoms with Gasteiger partial charge < -0.3 is 15.4 Å². The summed E-state index contributed by atoms with van der Waals surface area (Å²) in [6.45, 7) is 1.59. The summed E-state index contributed by atoms with van der Waals surface area (Å²) in [5.41, 5.74) is 0.420. The van der Waals surface area contributed by atoms with E-state index < -0.39 is 11.9 Å². The molecule has 0 radical (unpaired) electrons. The minimum Gasteiger partial charge on any atom is -0.465 e. The van der Waals surface area contributed by atoms with Gasteiger partial charge in [-0.1, -0.05) is 6.07 Å². The van der Waals surface area contributed by atoms with E-state index >= 15 is 0 Å². The highest BCUT2D eigenvalue weighted by atomic mass is 16.5. The molecule has 0 spiro atoms. The van der Waals surface area contributed by atoms with Crippen LogP contribution < -0.4 is 16.2 Å². The molecule has 0 atom stereocenters. The first-order valence-corrected chi connectivity index (χ1v) is 6.74. The third-order valence-corrected chi connectivity index (χ3v) is 2.79. The molecule has 0 fully saturated rings. The third-order valence-electron chi connectivity index (χ3n) is 2.79. The van der Waals surface area contributed by atoms with Gasteiger partial charge in [-0.25, -0.2) is 4.98 Å². The molecule has 8 nitrogen and oxygen atoms in total. The zero-order valence-corrected chi connectivity index (χ0v) is 12.0. The first kappa shape index (κ1) is 15.5. The van der Waals surface area contributed by atoms with E-state index in [-0.39, 0.29) is 30.9 Å². The number of fused-ring (bicyclic) bond motifs is 1. The van der Waals surface area contributed by atoms with Gasteiger partial charge in [-0.15, -0.1) is 0 Å². The maximum atomic E-state index is 12.1. The molecule has 2 aromatic rings. The average Bonchev–Trinajstić information content (AvgIpc) is 2.53. The van der Waals surface area contributed by atoms with Crippen molar-refractivity contribution in [3.63, 3.8) is 0 Å². The molecular formula is C14H16N4O4. The highest BCUT2D eigenvalue weighted by Gasteiger charge is 2.08. The SMILES string of the molecule is CCOC(=O)CNC(=O)CNc1cnc2ccccn2c1=O. The number of anilines is 1. The lowest BCUT2D eigenvalue weighted by Crippen LogP contribution is -2.35. The Morgan fingerprint density at radius 2 is 2.14 bits per heavy atom. The van der Waals surface area contributed by atoms with Crippen molar-refractivity contribution >= 4 is 23.2 Å². The van der Waals surface area contributed by atoms with Gasteiger partial charge in [0.2, 0.25) is 5.91 Å². The van der Waals surface area contributed by atoms with Crippen LogP contribution in [0.25, 0.3) is 5.65 Å². The van der Waals surface area contributed by atoms with Gasteiger partial charge >= 0.3 is 5.97 Å². The smallest absolute Gasteiger partial charge is 0.325 e. The van der Waals surface area contributed by atoms with Gasteiger partial charge in [0, 0.05) is 6.20 Å². The Balaban J connectivity index is 1.94. The second-order valence-electron chi connectivity index (χ2n) is 4.34. The Hall–Kier alpha value is -2.90. The van der Waals surface area contributed by atoms with Crippen molar-refractivity contribution in [2.45, 2.75) is 6.92 Å². The first-order chi connectivity index (χ1) is 10.6. The van der Waals surface area contributed by atoms with Gasteiger partial charge in [-0.05, 0) is 19.1 Å². The summed E-state index contributed by atoms with van der Waals surface area (Å²) in [6, 6.07) is 5.20. The fraction of sp³-hybridized carbons (Fsp3) is 0.286. The normalized spacial score (nSPS) is 10.2. The molecule has 0 aliphatic heterocycles. The Bertz CT molecular complexity index is 741. The van der Waals surface area contributed by atoms with Crippen molar-refractivity contribution in [2.75, 3.05) is 25.0 Å². The van der Waals surface area contributed by atoms with E-state index in [4.69, 9.17) is 0 Å². The average molecular weight is 304 g/mol. The van der Waals surface area contributed by atoms with Crippen molar-refractivity contribution in [3.8, 4) is 0 Å². The summed E-state index contributed by atoms with van der Waals surface area (Å²) < 4.78 is 6.06. The third kappa shape index (κ3) is 3.81. The molecule has 0 aromatic carbocycles. The molecule has 1 amide bonds. The number of nitrogens with one attached hydrogen (secondary N) is 2. The summed E-state index contributed by atoms with van der Waals surface area (Å²) in [7, 11) is 0. The van der Waals surface area contributed by atoms with Gasteiger partial charge in [-0.3, -0.25) is 18.8 Å². The fourth-order valence-corrected chi connectivity index (χ4v) is 1.77. The highest BCUT2D eigenvalue weighted by molar-refractivity contribution is 5.84. The second kappa shape index (κ2) is 7.21. The molecule has 0 saturated carbocycles. The standard InChI is InChI=1S/C14H16N4O4/c1-2-22-13(20)9-17-12(19)8-15-10-7-16-11-5-3-4-6-18(11)14(10)21/h3-7,15H,2,8-9H2,1H3,(H,17,19). The molecule has 0 aliphatic carbocycles. The molecular weight excluding hydrogens is 288 g/mol. The van der Waals surface area contributed by atoms with E-state index in [0.29, 0.717) is 5.65 Å². The van der Waals surface area contributed by atoms with Crippen LogP contribution in [0.2, 0.25) is 0 Å². The molecule has 0 bridgehead atoms. The van der Waals surface area contributed by atoms with Crippen molar-refractivity contribution in [3.05, 3.63) is 40.9 Å². The number of rotatable bonds is 6. The molecule has 0 saturated heterocycles. The summed E-state index contributed by atoms with van der Waals surface area (Å²) in [6.07, 6.45) is 2.97. The zero-order chi connectivity index (χ0) is 15.9.